The van der Waals surface area contributed by atoms with Crippen LogP contribution in [0, 0.1) is 0 Å². The Hall–Kier alpha value is -4.28. The molecule has 0 heterocycles. The van der Waals surface area contributed by atoms with Crippen molar-refractivity contribution in [1.82, 2.24) is 0 Å². The second-order valence-corrected chi connectivity index (χ2v) is 10.2. The number of nitrogens with zero attached hydrogens (tertiary/aromatic N) is 3. The summed E-state index contributed by atoms with van der Waals surface area (Å²) in [6.45, 7) is 5.56. The van der Waals surface area contributed by atoms with Crippen LogP contribution in [-0.4, -0.2) is 51.3 Å². The average molecular weight is 655 g/mol. The topological polar surface area (TPSA) is 107 Å². The Morgan fingerprint density at radius 2 is 1.55 bits per heavy atom. The average Bonchev–Trinajstić information content (AvgIpc) is 2.98. The van der Waals surface area contributed by atoms with Crippen LogP contribution in [0.15, 0.2) is 99.7 Å². The monoisotopic (exact) mass is 653 g/mol. The number of benzene rings is 3. The molecule has 218 valence electrons. The zero-order valence-electron chi connectivity index (χ0n) is 23.1. The molecule has 3 rings (SSSR count). The van der Waals surface area contributed by atoms with Gasteiger partial charge in [0.05, 0.1) is 23.5 Å². The van der Waals surface area contributed by atoms with E-state index in [-0.39, 0.29) is 31.0 Å². The van der Waals surface area contributed by atoms with E-state index in [2.05, 4.69) is 32.7 Å². The number of likely N-dealkylation sites (N-methyl/N-ethyl adjacent to an activating group) is 1. The van der Waals surface area contributed by atoms with Gasteiger partial charge in [-0.25, -0.2) is 14.4 Å². The van der Waals surface area contributed by atoms with Crippen LogP contribution in [0.3, 0.4) is 0 Å². The van der Waals surface area contributed by atoms with Crippen molar-refractivity contribution in [2.75, 3.05) is 38.3 Å². The van der Waals surface area contributed by atoms with Crippen LogP contribution in [0.25, 0.3) is 6.08 Å². The third-order valence-corrected chi connectivity index (χ3v) is 6.54. The van der Waals surface area contributed by atoms with Crippen molar-refractivity contribution in [2.24, 2.45) is 10.2 Å². The molecule has 0 spiro atoms. The van der Waals surface area contributed by atoms with Gasteiger partial charge in [0.25, 0.3) is 0 Å². The molecule has 9 nitrogen and oxygen atoms in total. The summed E-state index contributed by atoms with van der Waals surface area (Å²) in [6.07, 6.45) is 3.05. The second kappa shape index (κ2) is 16.2. The summed E-state index contributed by atoms with van der Waals surface area (Å²) in [7, 11) is 1.89. The summed E-state index contributed by atoms with van der Waals surface area (Å²) in [5, 5.41) is 9.09. The number of azo groups is 1. The van der Waals surface area contributed by atoms with E-state index in [4.69, 9.17) is 25.8 Å². The third kappa shape index (κ3) is 10.6. The Balaban J connectivity index is 1.47. The Labute approximate surface area is 257 Å². The van der Waals surface area contributed by atoms with Crippen molar-refractivity contribution in [3.63, 3.8) is 0 Å². The van der Waals surface area contributed by atoms with E-state index in [0.29, 0.717) is 27.4 Å². The first-order valence-electron chi connectivity index (χ1n) is 12.7. The number of hydrogen-bond acceptors (Lipinski definition) is 9. The van der Waals surface area contributed by atoms with Gasteiger partial charge < -0.3 is 19.1 Å². The molecule has 0 fully saturated rings. The molecule has 0 saturated heterocycles. The standard InChI is InChI=1S/C31H29BrClN3O6/c1-21(2)30(38)41-18-19-42-31(39)27-20-25(11-14-28(27)32)35-34-24-9-12-26(13-10-24)36(3)16-17-40-29(37)15-6-22-4-7-23(33)8-5-22/h4-15,20H,1,16-19H2,2-3H3. The molecular weight excluding hydrogens is 626 g/mol. The Kier molecular flexibility index (Phi) is 12.5. The van der Waals surface area contributed by atoms with E-state index < -0.39 is 17.9 Å². The molecule has 0 bridgehead atoms. The largest absolute Gasteiger partial charge is 0.461 e. The van der Waals surface area contributed by atoms with Crippen molar-refractivity contribution >= 4 is 68.6 Å². The quantitative estimate of drug-likeness (QED) is 0.0618. The molecule has 0 saturated carbocycles. The molecule has 0 radical (unpaired) electrons. The van der Waals surface area contributed by atoms with Crippen LogP contribution in [0.5, 0.6) is 0 Å². The summed E-state index contributed by atoms with van der Waals surface area (Å²) in [4.78, 5) is 37.8. The van der Waals surface area contributed by atoms with Gasteiger partial charge in [-0.3, -0.25) is 0 Å². The Morgan fingerprint density at radius 3 is 2.24 bits per heavy atom. The maximum absolute atomic E-state index is 12.5. The molecule has 11 heteroatoms. The summed E-state index contributed by atoms with van der Waals surface area (Å²) < 4.78 is 15.9. The predicted molar refractivity (Wildman–Crippen MR) is 166 cm³/mol. The minimum atomic E-state index is -0.596. The van der Waals surface area contributed by atoms with Crippen molar-refractivity contribution in [1.29, 1.82) is 0 Å². The summed E-state index contributed by atoms with van der Waals surface area (Å²) in [5.74, 6) is -1.57. The summed E-state index contributed by atoms with van der Waals surface area (Å²) >= 11 is 9.20. The number of carbonyl (C=O) groups excluding carboxylic acids is 3. The van der Waals surface area contributed by atoms with Crippen LogP contribution >= 0.6 is 27.5 Å². The predicted octanol–water partition coefficient (Wildman–Crippen LogP) is 7.49. The van der Waals surface area contributed by atoms with Gasteiger partial charge in [0.2, 0.25) is 0 Å². The minimum Gasteiger partial charge on any atom is -0.461 e. The first-order chi connectivity index (χ1) is 20.1. The SMILES string of the molecule is C=C(C)C(=O)OCCOC(=O)c1cc(N=Nc2ccc(N(C)CCOC(=O)C=Cc3ccc(Cl)cc3)cc2)ccc1Br. The number of halogens is 2. The van der Waals surface area contributed by atoms with Gasteiger partial charge in [-0.15, -0.1) is 0 Å². The minimum absolute atomic E-state index is 0.0761. The highest BCUT2D eigenvalue weighted by Gasteiger charge is 2.13. The van der Waals surface area contributed by atoms with E-state index >= 15 is 0 Å². The highest BCUT2D eigenvalue weighted by molar-refractivity contribution is 9.10. The van der Waals surface area contributed by atoms with Gasteiger partial charge in [0.1, 0.15) is 19.8 Å². The molecule has 0 N–H and O–H groups in total. The highest BCUT2D eigenvalue weighted by atomic mass is 79.9. The zero-order valence-corrected chi connectivity index (χ0v) is 25.4. The fraction of sp³-hybridized carbons (Fsp3) is 0.194. The molecule has 0 aliphatic heterocycles. The first kappa shape index (κ1) is 32.2. The lowest BCUT2D eigenvalue weighted by Gasteiger charge is -2.18. The molecule has 3 aromatic rings. The van der Waals surface area contributed by atoms with Crippen molar-refractivity contribution < 1.29 is 28.6 Å². The van der Waals surface area contributed by atoms with Gasteiger partial charge in [-0.2, -0.15) is 10.2 Å². The first-order valence-corrected chi connectivity index (χ1v) is 13.9. The third-order valence-electron chi connectivity index (χ3n) is 5.59. The van der Waals surface area contributed by atoms with Crippen LogP contribution in [0.1, 0.15) is 22.8 Å². The molecule has 0 aliphatic rings. The molecule has 0 atom stereocenters. The molecule has 0 aliphatic carbocycles. The highest BCUT2D eigenvalue weighted by Crippen LogP contribution is 2.26. The molecule has 0 amide bonds. The number of ether oxygens (including phenoxy) is 3. The van der Waals surface area contributed by atoms with Crippen LogP contribution in [0.4, 0.5) is 17.1 Å². The summed E-state index contributed by atoms with van der Waals surface area (Å²) in [6, 6.07) is 19.4. The molecule has 0 unspecified atom stereocenters. The van der Waals surface area contributed by atoms with Gasteiger partial charge in [0.15, 0.2) is 0 Å². The van der Waals surface area contributed by atoms with Crippen molar-refractivity contribution in [3.8, 4) is 0 Å². The second-order valence-electron chi connectivity index (χ2n) is 8.91. The lowest BCUT2D eigenvalue weighted by atomic mass is 10.2. The normalized spacial score (nSPS) is 11.0. The van der Waals surface area contributed by atoms with E-state index in [1.165, 1.54) is 13.0 Å². The van der Waals surface area contributed by atoms with Crippen LogP contribution in [-0.2, 0) is 23.8 Å². The van der Waals surface area contributed by atoms with E-state index in [1.54, 1.807) is 48.5 Å². The number of hydrogen-bond donors (Lipinski definition) is 0. The lowest BCUT2D eigenvalue weighted by molar-refractivity contribution is -0.140. The Morgan fingerprint density at radius 1 is 0.905 bits per heavy atom. The van der Waals surface area contributed by atoms with Crippen molar-refractivity contribution in [3.05, 3.63) is 106 Å². The maximum Gasteiger partial charge on any atom is 0.339 e. The Bertz CT molecular complexity index is 1470. The number of carbonyl (C=O) groups is 3. The lowest BCUT2D eigenvalue weighted by Crippen LogP contribution is -2.23. The molecule has 3 aromatic carbocycles. The number of esters is 3. The molecular formula is C31H29BrClN3O6. The number of anilines is 1. The smallest absolute Gasteiger partial charge is 0.339 e. The van der Waals surface area contributed by atoms with Gasteiger partial charge in [-0.1, -0.05) is 30.3 Å². The summed E-state index contributed by atoms with van der Waals surface area (Å²) in [5.41, 5.74) is 3.34. The van der Waals surface area contributed by atoms with Crippen molar-refractivity contribution in [2.45, 2.75) is 6.92 Å². The fourth-order valence-corrected chi connectivity index (χ4v) is 3.82. The van der Waals surface area contributed by atoms with E-state index in [0.717, 1.165) is 11.3 Å². The van der Waals surface area contributed by atoms with Gasteiger partial charge in [0, 0.05) is 33.9 Å². The van der Waals surface area contributed by atoms with Gasteiger partial charge in [-0.05, 0) is 89.1 Å². The molecule has 42 heavy (non-hydrogen) atoms. The van der Waals surface area contributed by atoms with E-state index in [1.807, 2.05) is 36.2 Å². The van der Waals surface area contributed by atoms with Crippen LogP contribution in [0.2, 0.25) is 5.02 Å². The zero-order chi connectivity index (χ0) is 30.5. The number of rotatable bonds is 13. The van der Waals surface area contributed by atoms with Crippen LogP contribution < -0.4 is 4.90 Å². The maximum atomic E-state index is 12.5. The fourth-order valence-electron chi connectivity index (χ4n) is 3.29. The molecule has 0 aromatic heterocycles. The van der Waals surface area contributed by atoms with E-state index in [9.17, 15) is 14.4 Å². The van der Waals surface area contributed by atoms with Gasteiger partial charge >= 0.3 is 17.9 Å².